The Morgan fingerprint density at radius 1 is 1.13 bits per heavy atom. The van der Waals surface area contributed by atoms with E-state index in [9.17, 15) is 4.39 Å². The standard InChI is InChI=1S/C19H29FO3/c1-3-5-6-7-15-13-22-19(23-14-15)11-9-16-8-10-17(21-4-2)12-18(16)20/h8,10,12,15,19H,3-7,9,11,13-14H2,1-2H3. The van der Waals surface area contributed by atoms with Crippen molar-refractivity contribution in [1.82, 2.24) is 0 Å². The summed E-state index contributed by atoms with van der Waals surface area (Å²) < 4.78 is 30.9. The van der Waals surface area contributed by atoms with Gasteiger partial charge < -0.3 is 14.2 Å². The van der Waals surface area contributed by atoms with Gasteiger partial charge in [0.1, 0.15) is 11.6 Å². The molecular weight excluding hydrogens is 295 g/mol. The SMILES string of the molecule is CCCCCC1COC(CCc2ccc(OCC)cc2F)OC1. The van der Waals surface area contributed by atoms with Crippen LogP contribution in [0.5, 0.6) is 5.75 Å². The largest absolute Gasteiger partial charge is 0.494 e. The lowest BCUT2D eigenvalue weighted by atomic mass is 10.0. The van der Waals surface area contributed by atoms with Gasteiger partial charge in [-0.2, -0.15) is 0 Å². The van der Waals surface area contributed by atoms with Gasteiger partial charge in [0.15, 0.2) is 6.29 Å². The second kappa shape index (κ2) is 9.89. The molecule has 1 fully saturated rings. The van der Waals surface area contributed by atoms with Gasteiger partial charge >= 0.3 is 0 Å². The highest BCUT2D eigenvalue weighted by Gasteiger charge is 2.22. The topological polar surface area (TPSA) is 27.7 Å². The van der Waals surface area contributed by atoms with Gasteiger partial charge in [-0.25, -0.2) is 4.39 Å². The molecule has 23 heavy (non-hydrogen) atoms. The highest BCUT2D eigenvalue weighted by molar-refractivity contribution is 5.29. The van der Waals surface area contributed by atoms with E-state index in [-0.39, 0.29) is 12.1 Å². The van der Waals surface area contributed by atoms with Crippen molar-refractivity contribution in [2.24, 2.45) is 5.92 Å². The van der Waals surface area contributed by atoms with E-state index in [1.165, 1.54) is 31.7 Å². The van der Waals surface area contributed by atoms with Crippen LogP contribution < -0.4 is 4.74 Å². The van der Waals surface area contributed by atoms with Crippen LogP contribution >= 0.6 is 0 Å². The highest BCUT2D eigenvalue weighted by atomic mass is 19.1. The molecular formula is C19H29FO3. The van der Waals surface area contributed by atoms with E-state index in [2.05, 4.69) is 6.92 Å². The number of ether oxygens (including phenoxy) is 3. The zero-order valence-corrected chi connectivity index (χ0v) is 14.4. The maximum Gasteiger partial charge on any atom is 0.157 e. The van der Waals surface area contributed by atoms with E-state index in [1.54, 1.807) is 6.07 Å². The molecule has 0 aliphatic carbocycles. The van der Waals surface area contributed by atoms with Gasteiger partial charge in [-0.05, 0) is 31.4 Å². The van der Waals surface area contributed by atoms with E-state index in [4.69, 9.17) is 14.2 Å². The van der Waals surface area contributed by atoms with Crippen molar-refractivity contribution >= 4 is 0 Å². The second-order valence-electron chi connectivity index (χ2n) is 6.18. The van der Waals surface area contributed by atoms with E-state index in [1.807, 2.05) is 13.0 Å². The molecule has 0 atom stereocenters. The van der Waals surface area contributed by atoms with Crippen LogP contribution in [0.1, 0.15) is 51.5 Å². The van der Waals surface area contributed by atoms with Gasteiger partial charge in [-0.15, -0.1) is 0 Å². The van der Waals surface area contributed by atoms with Crippen LogP contribution in [-0.4, -0.2) is 26.1 Å². The van der Waals surface area contributed by atoms with Gasteiger partial charge in [0, 0.05) is 18.4 Å². The average Bonchev–Trinajstić information content (AvgIpc) is 2.56. The quantitative estimate of drug-likeness (QED) is 0.615. The molecule has 0 N–H and O–H groups in total. The van der Waals surface area contributed by atoms with Crippen molar-refractivity contribution in [1.29, 1.82) is 0 Å². The Hall–Kier alpha value is -1.13. The van der Waals surface area contributed by atoms with Gasteiger partial charge in [-0.1, -0.05) is 32.3 Å². The van der Waals surface area contributed by atoms with Crippen molar-refractivity contribution in [2.45, 2.75) is 58.7 Å². The number of aryl methyl sites for hydroxylation is 1. The molecule has 0 radical (unpaired) electrons. The molecule has 1 aromatic carbocycles. The van der Waals surface area contributed by atoms with Crippen molar-refractivity contribution in [2.75, 3.05) is 19.8 Å². The van der Waals surface area contributed by atoms with Crippen molar-refractivity contribution < 1.29 is 18.6 Å². The van der Waals surface area contributed by atoms with Gasteiger partial charge in [0.05, 0.1) is 19.8 Å². The zero-order valence-electron chi connectivity index (χ0n) is 14.4. The van der Waals surface area contributed by atoms with Crippen LogP contribution in [0.25, 0.3) is 0 Å². The third-order valence-electron chi connectivity index (χ3n) is 4.24. The molecule has 0 aromatic heterocycles. The summed E-state index contributed by atoms with van der Waals surface area (Å²) >= 11 is 0. The Balaban J connectivity index is 1.71. The Morgan fingerprint density at radius 2 is 1.91 bits per heavy atom. The first-order chi connectivity index (χ1) is 11.2. The normalized spacial score (nSPS) is 21.3. The Morgan fingerprint density at radius 3 is 2.57 bits per heavy atom. The second-order valence-corrected chi connectivity index (χ2v) is 6.18. The average molecular weight is 324 g/mol. The van der Waals surface area contributed by atoms with Crippen LogP contribution in [0.3, 0.4) is 0 Å². The Bertz CT molecular complexity index is 456. The van der Waals surface area contributed by atoms with E-state index in [0.717, 1.165) is 13.2 Å². The number of rotatable bonds is 9. The first-order valence-electron chi connectivity index (χ1n) is 8.87. The molecule has 4 heteroatoms. The fourth-order valence-corrected chi connectivity index (χ4v) is 2.86. The van der Waals surface area contributed by atoms with Gasteiger partial charge in [0.25, 0.3) is 0 Å². The van der Waals surface area contributed by atoms with E-state index < -0.39 is 0 Å². The molecule has 3 nitrogen and oxygen atoms in total. The molecule has 1 aliphatic rings. The van der Waals surface area contributed by atoms with E-state index in [0.29, 0.717) is 36.7 Å². The lowest BCUT2D eigenvalue weighted by Gasteiger charge is -2.29. The molecule has 0 bridgehead atoms. The Labute approximate surface area is 139 Å². The third-order valence-corrected chi connectivity index (χ3v) is 4.24. The van der Waals surface area contributed by atoms with Crippen LogP contribution in [0.4, 0.5) is 4.39 Å². The number of halogens is 1. The molecule has 0 saturated carbocycles. The fourth-order valence-electron chi connectivity index (χ4n) is 2.86. The van der Waals surface area contributed by atoms with Crippen molar-refractivity contribution in [3.63, 3.8) is 0 Å². The summed E-state index contributed by atoms with van der Waals surface area (Å²) in [6, 6.07) is 5.05. The summed E-state index contributed by atoms with van der Waals surface area (Å²) in [5, 5.41) is 0. The lowest BCUT2D eigenvalue weighted by molar-refractivity contribution is -0.203. The first kappa shape index (κ1) is 18.2. The monoisotopic (exact) mass is 324 g/mol. The minimum Gasteiger partial charge on any atom is -0.494 e. The smallest absolute Gasteiger partial charge is 0.157 e. The molecule has 0 amide bonds. The number of benzene rings is 1. The molecule has 130 valence electrons. The van der Waals surface area contributed by atoms with Crippen LogP contribution in [0, 0.1) is 11.7 Å². The molecule has 0 unspecified atom stereocenters. The summed E-state index contributed by atoms with van der Waals surface area (Å²) in [7, 11) is 0. The summed E-state index contributed by atoms with van der Waals surface area (Å²) in [5.41, 5.74) is 0.686. The Kier molecular flexibility index (Phi) is 7.83. The summed E-state index contributed by atoms with van der Waals surface area (Å²) in [4.78, 5) is 0. The summed E-state index contributed by atoms with van der Waals surface area (Å²) in [5.74, 6) is 0.873. The number of hydrogen-bond donors (Lipinski definition) is 0. The van der Waals surface area contributed by atoms with Gasteiger partial charge in [0.2, 0.25) is 0 Å². The molecule has 2 rings (SSSR count). The molecule has 1 saturated heterocycles. The zero-order chi connectivity index (χ0) is 16.5. The predicted octanol–water partition coefficient (Wildman–Crippen LogP) is 4.73. The third kappa shape index (κ3) is 6.11. The van der Waals surface area contributed by atoms with Gasteiger partial charge in [-0.3, -0.25) is 0 Å². The predicted molar refractivity (Wildman–Crippen MR) is 89.2 cm³/mol. The maximum absolute atomic E-state index is 14.0. The van der Waals surface area contributed by atoms with Crippen LogP contribution in [0.2, 0.25) is 0 Å². The van der Waals surface area contributed by atoms with Crippen LogP contribution in [0.15, 0.2) is 18.2 Å². The lowest BCUT2D eigenvalue weighted by Crippen LogP contribution is -2.32. The molecule has 0 spiro atoms. The fraction of sp³-hybridized carbons (Fsp3) is 0.684. The molecule has 1 aliphatic heterocycles. The van der Waals surface area contributed by atoms with E-state index >= 15 is 0 Å². The molecule has 1 aromatic rings. The van der Waals surface area contributed by atoms with Crippen molar-refractivity contribution in [3.8, 4) is 5.75 Å². The molecule has 1 heterocycles. The highest BCUT2D eigenvalue weighted by Crippen LogP contribution is 2.22. The number of unbranched alkanes of at least 4 members (excludes halogenated alkanes) is 2. The van der Waals surface area contributed by atoms with Crippen molar-refractivity contribution in [3.05, 3.63) is 29.6 Å². The van der Waals surface area contributed by atoms with Crippen LogP contribution in [-0.2, 0) is 15.9 Å². The minimum absolute atomic E-state index is 0.205. The summed E-state index contributed by atoms with van der Waals surface area (Å²) in [6.45, 7) is 6.17. The number of hydrogen-bond acceptors (Lipinski definition) is 3. The summed E-state index contributed by atoms with van der Waals surface area (Å²) in [6.07, 6.45) is 6.03. The minimum atomic E-state index is -0.218. The first-order valence-corrected chi connectivity index (χ1v) is 8.87. The maximum atomic E-state index is 14.0.